The molecule has 2 aromatic rings. The predicted molar refractivity (Wildman–Crippen MR) is 76.1 cm³/mol. The number of rotatable bonds is 5. The summed E-state index contributed by atoms with van der Waals surface area (Å²) in [7, 11) is 1.89. The molecule has 0 radical (unpaired) electrons. The van der Waals surface area contributed by atoms with Crippen molar-refractivity contribution in [3.05, 3.63) is 54.1 Å². The van der Waals surface area contributed by atoms with Crippen LogP contribution < -0.4 is 10.2 Å². The van der Waals surface area contributed by atoms with Crippen LogP contribution in [0.5, 0.6) is 0 Å². The Kier molecular flexibility index (Phi) is 4.47. The zero-order valence-electron chi connectivity index (χ0n) is 11.2. The molecule has 0 atom stereocenters. The number of nitrogens with zero attached hydrogens (tertiary/aromatic N) is 2. The third kappa shape index (κ3) is 3.29. The Morgan fingerprint density at radius 3 is 2.53 bits per heavy atom. The maximum Gasteiger partial charge on any atom is 0.123 e. The van der Waals surface area contributed by atoms with E-state index in [0.717, 1.165) is 30.2 Å². The summed E-state index contributed by atoms with van der Waals surface area (Å²) in [5.74, 6) is -0.217. The second-order valence-corrected chi connectivity index (χ2v) is 4.26. The zero-order chi connectivity index (χ0) is 13.7. The highest BCUT2D eigenvalue weighted by molar-refractivity contribution is 5.63. The number of aromatic nitrogens is 1. The van der Waals surface area contributed by atoms with Crippen LogP contribution in [0.3, 0.4) is 0 Å². The van der Waals surface area contributed by atoms with Crippen molar-refractivity contribution in [2.45, 2.75) is 13.5 Å². The van der Waals surface area contributed by atoms with Gasteiger partial charge in [-0.05, 0) is 50.4 Å². The Morgan fingerprint density at radius 1 is 1.16 bits per heavy atom. The summed E-state index contributed by atoms with van der Waals surface area (Å²) in [4.78, 5) is 6.43. The second kappa shape index (κ2) is 6.29. The van der Waals surface area contributed by atoms with E-state index in [1.807, 2.05) is 19.2 Å². The van der Waals surface area contributed by atoms with Gasteiger partial charge in [0.25, 0.3) is 0 Å². The first-order valence-electron chi connectivity index (χ1n) is 6.37. The molecule has 0 spiro atoms. The summed E-state index contributed by atoms with van der Waals surface area (Å²) in [6.07, 6.45) is 1.80. The summed E-state index contributed by atoms with van der Waals surface area (Å²) >= 11 is 0. The molecule has 1 aromatic heterocycles. The molecule has 19 heavy (non-hydrogen) atoms. The molecule has 0 saturated carbocycles. The van der Waals surface area contributed by atoms with Crippen LogP contribution in [0, 0.1) is 5.82 Å². The third-order valence-electron chi connectivity index (χ3n) is 2.92. The largest absolute Gasteiger partial charge is 0.342 e. The van der Waals surface area contributed by atoms with E-state index in [1.54, 1.807) is 18.3 Å². The predicted octanol–water partition coefficient (Wildman–Crippen LogP) is 3.10. The SMILES string of the molecule is CCN(c1ccc(F)cc1)c1ccnc(CNC)c1. The van der Waals surface area contributed by atoms with E-state index in [4.69, 9.17) is 0 Å². The van der Waals surface area contributed by atoms with E-state index in [1.165, 1.54) is 12.1 Å². The quantitative estimate of drug-likeness (QED) is 0.894. The topological polar surface area (TPSA) is 28.2 Å². The highest BCUT2D eigenvalue weighted by Gasteiger charge is 2.08. The normalized spacial score (nSPS) is 10.5. The van der Waals surface area contributed by atoms with Gasteiger partial charge in [-0.15, -0.1) is 0 Å². The van der Waals surface area contributed by atoms with Crippen LogP contribution in [-0.4, -0.2) is 18.6 Å². The number of halogens is 1. The molecule has 2 rings (SSSR count). The first-order valence-corrected chi connectivity index (χ1v) is 6.37. The molecular formula is C15H18FN3. The van der Waals surface area contributed by atoms with Gasteiger partial charge in [-0.2, -0.15) is 0 Å². The van der Waals surface area contributed by atoms with Gasteiger partial charge < -0.3 is 10.2 Å². The first-order chi connectivity index (χ1) is 9.24. The van der Waals surface area contributed by atoms with E-state index < -0.39 is 0 Å². The Labute approximate surface area is 113 Å². The molecule has 0 unspecified atom stereocenters. The summed E-state index contributed by atoms with van der Waals surface area (Å²) < 4.78 is 13.0. The Balaban J connectivity index is 2.30. The van der Waals surface area contributed by atoms with Gasteiger partial charge in [-0.25, -0.2) is 4.39 Å². The number of pyridine rings is 1. The van der Waals surface area contributed by atoms with E-state index in [2.05, 4.69) is 22.1 Å². The van der Waals surface area contributed by atoms with Crippen molar-refractivity contribution in [2.24, 2.45) is 0 Å². The highest BCUT2D eigenvalue weighted by Crippen LogP contribution is 2.25. The summed E-state index contributed by atoms with van der Waals surface area (Å²) in [6, 6.07) is 10.5. The van der Waals surface area contributed by atoms with Crippen molar-refractivity contribution in [2.75, 3.05) is 18.5 Å². The van der Waals surface area contributed by atoms with Crippen molar-refractivity contribution in [1.82, 2.24) is 10.3 Å². The minimum atomic E-state index is -0.217. The fourth-order valence-electron chi connectivity index (χ4n) is 2.05. The molecule has 0 fully saturated rings. The lowest BCUT2D eigenvalue weighted by Crippen LogP contribution is -2.17. The first kappa shape index (κ1) is 13.5. The minimum Gasteiger partial charge on any atom is -0.342 e. The van der Waals surface area contributed by atoms with E-state index in [9.17, 15) is 4.39 Å². The standard InChI is InChI=1S/C15H18FN3/c1-3-19(14-6-4-12(16)5-7-14)15-8-9-18-13(10-15)11-17-2/h4-10,17H,3,11H2,1-2H3. The molecule has 1 heterocycles. The van der Waals surface area contributed by atoms with Gasteiger partial charge >= 0.3 is 0 Å². The van der Waals surface area contributed by atoms with Gasteiger partial charge in [0, 0.05) is 30.7 Å². The van der Waals surface area contributed by atoms with Crippen LogP contribution in [0.25, 0.3) is 0 Å². The number of hydrogen-bond donors (Lipinski definition) is 1. The maximum atomic E-state index is 13.0. The fourth-order valence-corrected chi connectivity index (χ4v) is 2.05. The van der Waals surface area contributed by atoms with Crippen LogP contribution in [0.4, 0.5) is 15.8 Å². The van der Waals surface area contributed by atoms with E-state index in [0.29, 0.717) is 0 Å². The third-order valence-corrected chi connectivity index (χ3v) is 2.92. The van der Waals surface area contributed by atoms with Gasteiger partial charge in [0.1, 0.15) is 5.82 Å². The monoisotopic (exact) mass is 259 g/mol. The van der Waals surface area contributed by atoms with Crippen LogP contribution >= 0.6 is 0 Å². The Hall–Kier alpha value is -1.94. The van der Waals surface area contributed by atoms with Gasteiger partial charge in [0.05, 0.1) is 5.69 Å². The van der Waals surface area contributed by atoms with Crippen molar-refractivity contribution in [3.63, 3.8) is 0 Å². The average Bonchev–Trinajstić information content (AvgIpc) is 2.43. The summed E-state index contributed by atoms with van der Waals surface area (Å²) in [5.41, 5.74) is 3.03. The van der Waals surface area contributed by atoms with Crippen molar-refractivity contribution in [3.8, 4) is 0 Å². The molecular weight excluding hydrogens is 241 g/mol. The van der Waals surface area contributed by atoms with Gasteiger partial charge in [0.15, 0.2) is 0 Å². The van der Waals surface area contributed by atoms with Crippen LogP contribution in [-0.2, 0) is 6.54 Å². The number of anilines is 2. The molecule has 1 N–H and O–H groups in total. The molecule has 1 aromatic carbocycles. The van der Waals surface area contributed by atoms with Gasteiger partial charge in [0.2, 0.25) is 0 Å². The Morgan fingerprint density at radius 2 is 1.89 bits per heavy atom. The van der Waals surface area contributed by atoms with Crippen molar-refractivity contribution >= 4 is 11.4 Å². The molecule has 3 nitrogen and oxygen atoms in total. The van der Waals surface area contributed by atoms with E-state index in [-0.39, 0.29) is 5.82 Å². The molecule has 0 aliphatic carbocycles. The molecule has 0 aliphatic rings. The highest BCUT2D eigenvalue weighted by atomic mass is 19.1. The second-order valence-electron chi connectivity index (χ2n) is 4.26. The zero-order valence-corrected chi connectivity index (χ0v) is 11.2. The fraction of sp³-hybridized carbons (Fsp3) is 0.267. The van der Waals surface area contributed by atoms with Crippen molar-refractivity contribution < 1.29 is 4.39 Å². The van der Waals surface area contributed by atoms with Gasteiger partial charge in [-0.1, -0.05) is 0 Å². The molecule has 0 amide bonds. The number of hydrogen-bond acceptors (Lipinski definition) is 3. The average molecular weight is 259 g/mol. The molecule has 0 aliphatic heterocycles. The van der Waals surface area contributed by atoms with Crippen LogP contribution in [0.1, 0.15) is 12.6 Å². The van der Waals surface area contributed by atoms with Crippen LogP contribution in [0.2, 0.25) is 0 Å². The number of benzene rings is 1. The number of nitrogens with one attached hydrogen (secondary N) is 1. The molecule has 4 heteroatoms. The van der Waals surface area contributed by atoms with Crippen LogP contribution in [0.15, 0.2) is 42.6 Å². The lowest BCUT2D eigenvalue weighted by Gasteiger charge is -2.23. The summed E-state index contributed by atoms with van der Waals surface area (Å²) in [5, 5.41) is 3.08. The van der Waals surface area contributed by atoms with Crippen molar-refractivity contribution in [1.29, 1.82) is 0 Å². The Bertz CT molecular complexity index is 525. The lowest BCUT2D eigenvalue weighted by atomic mass is 10.2. The smallest absolute Gasteiger partial charge is 0.123 e. The van der Waals surface area contributed by atoms with Gasteiger partial charge in [-0.3, -0.25) is 4.98 Å². The summed E-state index contributed by atoms with van der Waals surface area (Å²) in [6.45, 7) is 3.62. The molecule has 100 valence electrons. The minimum absolute atomic E-state index is 0.217. The maximum absolute atomic E-state index is 13.0. The van der Waals surface area contributed by atoms with E-state index >= 15 is 0 Å². The lowest BCUT2D eigenvalue weighted by molar-refractivity contribution is 0.628. The molecule has 0 saturated heterocycles. The molecule has 0 bridgehead atoms.